The van der Waals surface area contributed by atoms with Crippen LogP contribution in [0.4, 0.5) is 0 Å². The third kappa shape index (κ3) is 16.1. The number of aliphatic carboxylic acids is 1. The first kappa shape index (κ1) is 33.4. The number of rotatable bonds is 18. The largest absolute Gasteiger partial charge is 0.508 e. The molecule has 0 aromatic heterocycles. The molecule has 0 bridgehead atoms. The Labute approximate surface area is 227 Å². The SMILES string of the molecule is CCCCCCCCCCCCCCCC(=O)O.CN(C)CC(c1ccc(O)cc1)C1(O)CCCCC1. The van der Waals surface area contributed by atoms with Gasteiger partial charge in [0.2, 0.25) is 0 Å². The van der Waals surface area contributed by atoms with Crippen LogP contribution in [0.5, 0.6) is 5.75 Å². The van der Waals surface area contributed by atoms with E-state index in [-0.39, 0.29) is 11.7 Å². The molecule has 0 amide bonds. The molecule has 1 unspecified atom stereocenters. The van der Waals surface area contributed by atoms with Crippen LogP contribution in [0.2, 0.25) is 0 Å². The second kappa shape index (κ2) is 20.4. The van der Waals surface area contributed by atoms with Crippen molar-refractivity contribution in [3.8, 4) is 5.75 Å². The molecule has 1 aromatic carbocycles. The molecule has 1 aliphatic carbocycles. The van der Waals surface area contributed by atoms with Crippen LogP contribution < -0.4 is 0 Å². The minimum Gasteiger partial charge on any atom is -0.508 e. The third-order valence-electron chi connectivity index (χ3n) is 7.71. The number of carbonyl (C=O) groups is 1. The van der Waals surface area contributed by atoms with E-state index < -0.39 is 11.6 Å². The highest BCUT2D eigenvalue weighted by molar-refractivity contribution is 5.66. The molecule has 0 radical (unpaired) electrons. The topological polar surface area (TPSA) is 81.0 Å². The molecule has 1 atom stereocenters. The maximum atomic E-state index is 11.0. The Morgan fingerprint density at radius 3 is 1.70 bits per heavy atom. The van der Waals surface area contributed by atoms with Gasteiger partial charge in [0.1, 0.15) is 5.75 Å². The van der Waals surface area contributed by atoms with Crippen molar-refractivity contribution in [3.63, 3.8) is 0 Å². The van der Waals surface area contributed by atoms with Gasteiger partial charge in [0.05, 0.1) is 5.60 Å². The number of benzene rings is 1. The van der Waals surface area contributed by atoms with Crippen LogP contribution in [0.15, 0.2) is 24.3 Å². The Morgan fingerprint density at radius 1 is 0.811 bits per heavy atom. The fraction of sp³-hybridized carbons (Fsp3) is 0.781. The van der Waals surface area contributed by atoms with Crippen molar-refractivity contribution in [3.05, 3.63) is 29.8 Å². The number of aromatic hydroxyl groups is 1. The van der Waals surface area contributed by atoms with Gasteiger partial charge in [0, 0.05) is 18.9 Å². The first-order chi connectivity index (χ1) is 17.8. The van der Waals surface area contributed by atoms with Gasteiger partial charge in [0.15, 0.2) is 0 Å². The van der Waals surface area contributed by atoms with E-state index in [1.807, 2.05) is 26.2 Å². The van der Waals surface area contributed by atoms with E-state index in [9.17, 15) is 15.0 Å². The first-order valence-electron chi connectivity index (χ1n) is 15.2. The molecule has 214 valence electrons. The Morgan fingerprint density at radius 2 is 1.27 bits per heavy atom. The molecule has 0 spiro atoms. The average Bonchev–Trinajstić information content (AvgIpc) is 2.86. The van der Waals surface area contributed by atoms with Crippen molar-refractivity contribution >= 4 is 5.97 Å². The number of nitrogens with zero attached hydrogens (tertiary/aromatic N) is 1. The number of aliphatic hydroxyl groups is 1. The van der Waals surface area contributed by atoms with E-state index in [0.29, 0.717) is 6.42 Å². The van der Waals surface area contributed by atoms with Gasteiger partial charge in [-0.2, -0.15) is 0 Å². The predicted molar refractivity (Wildman–Crippen MR) is 155 cm³/mol. The second-order valence-electron chi connectivity index (χ2n) is 11.5. The summed E-state index contributed by atoms with van der Waals surface area (Å²) >= 11 is 0. The number of likely N-dealkylation sites (N-methyl/N-ethyl adjacent to an activating group) is 1. The Balaban J connectivity index is 0.000000371. The summed E-state index contributed by atoms with van der Waals surface area (Å²) < 4.78 is 0. The van der Waals surface area contributed by atoms with Crippen molar-refractivity contribution in [2.45, 2.75) is 140 Å². The summed E-state index contributed by atoms with van der Waals surface area (Å²) in [6.07, 6.45) is 22.5. The van der Waals surface area contributed by atoms with Gasteiger partial charge in [-0.3, -0.25) is 4.79 Å². The molecule has 1 saturated carbocycles. The lowest BCUT2D eigenvalue weighted by Crippen LogP contribution is -2.42. The molecule has 0 saturated heterocycles. The number of hydrogen-bond acceptors (Lipinski definition) is 4. The van der Waals surface area contributed by atoms with Crippen LogP contribution >= 0.6 is 0 Å². The molecule has 3 N–H and O–H groups in total. The highest BCUT2D eigenvalue weighted by Gasteiger charge is 2.38. The van der Waals surface area contributed by atoms with E-state index in [1.54, 1.807) is 12.1 Å². The van der Waals surface area contributed by atoms with Gasteiger partial charge in [-0.05, 0) is 51.1 Å². The van der Waals surface area contributed by atoms with Crippen LogP contribution in [-0.2, 0) is 4.79 Å². The Hall–Kier alpha value is -1.59. The van der Waals surface area contributed by atoms with E-state index in [4.69, 9.17) is 5.11 Å². The molecule has 0 heterocycles. The summed E-state index contributed by atoms with van der Waals surface area (Å²) in [5.41, 5.74) is 0.523. The summed E-state index contributed by atoms with van der Waals surface area (Å²) in [5, 5.41) is 28.9. The molecule has 37 heavy (non-hydrogen) atoms. The van der Waals surface area contributed by atoms with Crippen molar-refractivity contribution in [2.75, 3.05) is 20.6 Å². The molecular weight excluding hydrogens is 462 g/mol. The van der Waals surface area contributed by atoms with Gasteiger partial charge >= 0.3 is 5.97 Å². The fourth-order valence-electron chi connectivity index (χ4n) is 5.46. The zero-order valence-electron chi connectivity index (χ0n) is 24.2. The highest BCUT2D eigenvalue weighted by atomic mass is 16.4. The van der Waals surface area contributed by atoms with Gasteiger partial charge in [-0.15, -0.1) is 0 Å². The molecule has 5 heteroatoms. The fourth-order valence-corrected chi connectivity index (χ4v) is 5.46. The maximum Gasteiger partial charge on any atom is 0.303 e. The van der Waals surface area contributed by atoms with Crippen LogP contribution in [-0.4, -0.2) is 52.4 Å². The molecular formula is C32H57NO4. The summed E-state index contributed by atoms with van der Waals surface area (Å²) in [5.74, 6) is -0.260. The van der Waals surface area contributed by atoms with Crippen molar-refractivity contribution in [1.29, 1.82) is 0 Å². The maximum absolute atomic E-state index is 11.0. The number of carboxylic acids is 1. The normalized spacial score (nSPS) is 15.7. The van der Waals surface area contributed by atoms with Crippen molar-refractivity contribution < 1.29 is 20.1 Å². The standard InChI is InChI=1S/C16H25NO2.C16H32O2/c1-17(2)12-15(13-6-8-14(18)9-7-13)16(19)10-4-3-5-11-16;1-2-3-4-5-6-7-8-9-10-11-12-13-14-15-16(17)18/h6-9,15,18-19H,3-5,10-12H2,1-2H3;2-15H2,1H3,(H,17,18). The molecule has 2 rings (SSSR count). The van der Waals surface area contributed by atoms with Crippen molar-refractivity contribution in [1.82, 2.24) is 4.90 Å². The molecule has 1 aromatic rings. The number of unbranched alkanes of at least 4 members (excludes halogenated alkanes) is 12. The zero-order chi connectivity index (χ0) is 27.4. The predicted octanol–water partition coefficient (Wildman–Crippen LogP) is 8.28. The van der Waals surface area contributed by atoms with E-state index in [1.165, 1.54) is 77.0 Å². The van der Waals surface area contributed by atoms with Crippen LogP contribution in [0.3, 0.4) is 0 Å². The number of carboxylic acid groups (broad SMARTS) is 1. The molecule has 5 nitrogen and oxygen atoms in total. The minimum atomic E-state index is -0.655. The lowest BCUT2D eigenvalue weighted by atomic mass is 9.72. The van der Waals surface area contributed by atoms with Gasteiger partial charge in [-0.25, -0.2) is 0 Å². The quantitative estimate of drug-likeness (QED) is 0.170. The van der Waals surface area contributed by atoms with Crippen LogP contribution in [0.25, 0.3) is 0 Å². The van der Waals surface area contributed by atoms with E-state index in [2.05, 4.69) is 11.8 Å². The zero-order valence-corrected chi connectivity index (χ0v) is 24.2. The summed E-state index contributed by atoms with van der Waals surface area (Å²) in [6, 6.07) is 7.31. The van der Waals surface area contributed by atoms with Crippen molar-refractivity contribution in [2.24, 2.45) is 0 Å². The lowest BCUT2D eigenvalue weighted by molar-refractivity contribution is -0.137. The molecule has 1 aliphatic rings. The van der Waals surface area contributed by atoms with E-state index in [0.717, 1.165) is 50.6 Å². The van der Waals surface area contributed by atoms with Crippen LogP contribution in [0, 0.1) is 0 Å². The summed E-state index contributed by atoms with van der Waals surface area (Å²) in [7, 11) is 4.08. The summed E-state index contributed by atoms with van der Waals surface area (Å²) in [6.45, 7) is 3.09. The number of phenolic OH excluding ortho intramolecular Hbond substituents is 1. The lowest BCUT2D eigenvalue weighted by Gasteiger charge is -2.40. The molecule has 0 aliphatic heterocycles. The smallest absolute Gasteiger partial charge is 0.303 e. The average molecular weight is 520 g/mol. The molecule has 1 fully saturated rings. The summed E-state index contributed by atoms with van der Waals surface area (Å²) in [4.78, 5) is 12.4. The Bertz CT molecular complexity index is 683. The second-order valence-corrected chi connectivity index (χ2v) is 11.5. The number of hydrogen-bond donors (Lipinski definition) is 3. The monoisotopic (exact) mass is 519 g/mol. The number of phenols is 1. The van der Waals surface area contributed by atoms with Gasteiger partial charge in [0.25, 0.3) is 0 Å². The van der Waals surface area contributed by atoms with Crippen LogP contribution in [0.1, 0.15) is 140 Å². The third-order valence-corrected chi connectivity index (χ3v) is 7.71. The van der Waals surface area contributed by atoms with Gasteiger partial charge in [-0.1, -0.05) is 115 Å². The van der Waals surface area contributed by atoms with E-state index >= 15 is 0 Å². The minimum absolute atomic E-state index is 0.114. The van der Waals surface area contributed by atoms with Gasteiger partial charge < -0.3 is 20.2 Å². The first-order valence-corrected chi connectivity index (χ1v) is 15.2. The highest BCUT2D eigenvalue weighted by Crippen LogP contribution is 2.40. The Kier molecular flexibility index (Phi) is 18.4.